The van der Waals surface area contributed by atoms with Crippen molar-refractivity contribution < 1.29 is 0 Å². The van der Waals surface area contributed by atoms with Crippen LogP contribution in [-0.2, 0) is 0 Å². The minimum absolute atomic E-state index is 0.963. The summed E-state index contributed by atoms with van der Waals surface area (Å²) < 4.78 is 0. The molecule has 22 heavy (non-hydrogen) atoms. The van der Waals surface area contributed by atoms with Crippen molar-refractivity contribution in [2.45, 2.75) is 130 Å². The molecular weight excluding hydrogens is 264 g/mol. The van der Waals surface area contributed by atoms with E-state index < -0.39 is 0 Å². The van der Waals surface area contributed by atoms with E-state index in [9.17, 15) is 0 Å². The Kier molecular flexibility index (Phi) is 17.4. The molecule has 0 saturated carbocycles. The molecule has 134 valence electrons. The highest BCUT2D eigenvalue weighted by Crippen LogP contribution is 2.29. The van der Waals surface area contributed by atoms with Crippen molar-refractivity contribution in [1.29, 1.82) is 0 Å². The molecule has 0 N–H and O–H groups in total. The van der Waals surface area contributed by atoms with E-state index in [-0.39, 0.29) is 0 Å². The summed E-state index contributed by atoms with van der Waals surface area (Å²) in [5, 5.41) is 0. The molecule has 0 aromatic carbocycles. The molecule has 0 aliphatic heterocycles. The Balaban J connectivity index is 3.88. The minimum Gasteiger partial charge on any atom is -0.0654 e. The van der Waals surface area contributed by atoms with Gasteiger partial charge in [-0.3, -0.25) is 0 Å². The first kappa shape index (κ1) is 22.0. The molecule has 0 amide bonds. The Labute approximate surface area is 142 Å². The average Bonchev–Trinajstić information content (AvgIpc) is 2.53. The second-order valence-corrected chi connectivity index (χ2v) is 7.64. The number of hydrogen-bond acceptors (Lipinski definition) is 0. The van der Waals surface area contributed by atoms with Crippen LogP contribution in [0.5, 0.6) is 0 Å². The molecule has 0 aromatic rings. The van der Waals surface area contributed by atoms with Gasteiger partial charge in [0.15, 0.2) is 0 Å². The summed E-state index contributed by atoms with van der Waals surface area (Å²) >= 11 is 0. The van der Waals surface area contributed by atoms with Crippen LogP contribution in [0, 0.1) is 11.8 Å². The van der Waals surface area contributed by atoms with Crippen molar-refractivity contribution in [2.75, 3.05) is 0 Å². The van der Waals surface area contributed by atoms with Crippen LogP contribution in [0.2, 0.25) is 0 Å². The Bertz CT molecular complexity index is 196. The van der Waals surface area contributed by atoms with E-state index in [4.69, 9.17) is 0 Å². The summed E-state index contributed by atoms with van der Waals surface area (Å²) in [6.45, 7) is 9.50. The number of hydrogen-bond donors (Lipinski definition) is 0. The van der Waals surface area contributed by atoms with E-state index in [2.05, 4.69) is 27.7 Å². The molecule has 0 aliphatic rings. The molecule has 0 saturated heterocycles. The van der Waals surface area contributed by atoms with Crippen LogP contribution in [0.3, 0.4) is 0 Å². The van der Waals surface area contributed by atoms with Crippen molar-refractivity contribution in [1.82, 2.24) is 0 Å². The van der Waals surface area contributed by atoms with Crippen molar-refractivity contribution in [3.8, 4) is 0 Å². The fourth-order valence-electron chi connectivity index (χ4n) is 3.69. The topological polar surface area (TPSA) is 0 Å². The molecule has 0 aromatic heterocycles. The lowest BCUT2D eigenvalue weighted by atomic mass is 9.82. The van der Waals surface area contributed by atoms with Gasteiger partial charge in [0.25, 0.3) is 0 Å². The van der Waals surface area contributed by atoms with Gasteiger partial charge in [-0.1, -0.05) is 130 Å². The van der Waals surface area contributed by atoms with Gasteiger partial charge in [-0.2, -0.15) is 0 Å². The Hall–Kier alpha value is 0. The monoisotopic (exact) mass is 310 g/mol. The summed E-state index contributed by atoms with van der Waals surface area (Å²) in [5.41, 5.74) is 0. The SMILES string of the molecule is CCCCCCCCC(C)C(CCCCC)CCCCCC. The summed E-state index contributed by atoms with van der Waals surface area (Å²) in [6, 6.07) is 0. The average molecular weight is 311 g/mol. The molecule has 0 nitrogen and oxygen atoms in total. The van der Waals surface area contributed by atoms with Gasteiger partial charge in [-0.05, 0) is 11.8 Å². The third-order valence-corrected chi connectivity index (χ3v) is 5.42. The lowest BCUT2D eigenvalue weighted by molar-refractivity contribution is 0.275. The van der Waals surface area contributed by atoms with Gasteiger partial charge in [0.05, 0.1) is 0 Å². The van der Waals surface area contributed by atoms with Crippen LogP contribution in [-0.4, -0.2) is 0 Å². The van der Waals surface area contributed by atoms with Crippen LogP contribution in [0.15, 0.2) is 0 Å². The molecule has 0 radical (unpaired) electrons. The van der Waals surface area contributed by atoms with Gasteiger partial charge in [-0.25, -0.2) is 0 Å². The molecule has 0 spiro atoms. The highest BCUT2D eigenvalue weighted by molar-refractivity contribution is 4.68. The van der Waals surface area contributed by atoms with Gasteiger partial charge in [-0.15, -0.1) is 0 Å². The molecule has 2 atom stereocenters. The summed E-state index contributed by atoms with van der Waals surface area (Å²) in [4.78, 5) is 0. The normalized spacial score (nSPS) is 14.2. The number of rotatable bonds is 17. The summed E-state index contributed by atoms with van der Waals surface area (Å²) in [6.07, 6.45) is 23.2. The molecule has 2 unspecified atom stereocenters. The van der Waals surface area contributed by atoms with Crippen molar-refractivity contribution in [3.05, 3.63) is 0 Å². The van der Waals surface area contributed by atoms with Gasteiger partial charge in [0.2, 0.25) is 0 Å². The van der Waals surface area contributed by atoms with Crippen molar-refractivity contribution >= 4 is 0 Å². The summed E-state index contributed by atoms with van der Waals surface area (Å²) in [7, 11) is 0. The van der Waals surface area contributed by atoms with Crippen LogP contribution in [0.25, 0.3) is 0 Å². The molecule has 0 fully saturated rings. The second-order valence-electron chi connectivity index (χ2n) is 7.64. The van der Waals surface area contributed by atoms with Crippen molar-refractivity contribution in [2.24, 2.45) is 11.8 Å². The largest absolute Gasteiger partial charge is 0.0654 e. The first-order chi connectivity index (χ1) is 10.8. The van der Waals surface area contributed by atoms with Crippen LogP contribution >= 0.6 is 0 Å². The zero-order chi connectivity index (χ0) is 16.5. The first-order valence-corrected chi connectivity index (χ1v) is 10.8. The smallest absolute Gasteiger partial charge is 0.0388 e. The van der Waals surface area contributed by atoms with E-state index in [1.165, 1.54) is 103 Å². The van der Waals surface area contributed by atoms with Crippen LogP contribution in [0.1, 0.15) is 130 Å². The quantitative estimate of drug-likeness (QED) is 0.236. The van der Waals surface area contributed by atoms with E-state index in [1.807, 2.05) is 0 Å². The van der Waals surface area contributed by atoms with E-state index >= 15 is 0 Å². The highest BCUT2D eigenvalue weighted by Gasteiger charge is 2.16. The van der Waals surface area contributed by atoms with Crippen LogP contribution in [0.4, 0.5) is 0 Å². The Morgan fingerprint density at radius 3 is 1.41 bits per heavy atom. The van der Waals surface area contributed by atoms with Gasteiger partial charge < -0.3 is 0 Å². The lowest BCUT2D eigenvalue weighted by Crippen LogP contribution is -2.12. The van der Waals surface area contributed by atoms with E-state index in [0.717, 1.165) is 11.8 Å². The van der Waals surface area contributed by atoms with Gasteiger partial charge in [0, 0.05) is 0 Å². The first-order valence-electron chi connectivity index (χ1n) is 10.8. The zero-order valence-electron chi connectivity index (χ0n) is 16.5. The van der Waals surface area contributed by atoms with Crippen LogP contribution < -0.4 is 0 Å². The zero-order valence-corrected chi connectivity index (χ0v) is 16.5. The molecule has 0 aliphatic carbocycles. The Morgan fingerprint density at radius 2 is 0.818 bits per heavy atom. The molecule has 0 rings (SSSR count). The van der Waals surface area contributed by atoms with E-state index in [0.29, 0.717) is 0 Å². The van der Waals surface area contributed by atoms with Crippen molar-refractivity contribution in [3.63, 3.8) is 0 Å². The molecule has 0 bridgehead atoms. The fourth-order valence-corrected chi connectivity index (χ4v) is 3.69. The second kappa shape index (κ2) is 17.4. The standard InChI is InChI=1S/C22H46/c1-5-8-11-13-14-16-18-21(4)22(19-15-10-7-3)20-17-12-9-6-2/h21-22H,5-20H2,1-4H3. The predicted octanol–water partition coefficient (Wildman–Crippen LogP) is 8.54. The van der Waals surface area contributed by atoms with E-state index in [1.54, 1.807) is 0 Å². The van der Waals surface area contributed by atoms with Gasteiger partial charge in [0.1, 0.15) is 0 Å². The summed E-state index contributed by atoms with van der Waals surface area (Å²) in [5.74, 6) is 1.98. The van der Waals surface area contributed by atoms with Gasteiger partial charge >= 0.3 is 0 Å². The maximum absolute atomic E-state index is 2.54. The molecule has 0 heterocycles. The highest BCUT2D eigenvalue weighted by atomic mass is 14.2. The maximum Gasteiger partial charge on any atom is -0.0388 e. The lowest BCUT2D eigenvalue weighted by Gasteiger charge is -2.24. The fraction of sp³-hybridized carbons (Fsp3) is 1.00. The number of unbranched alkanes of at least 4 members (excludes halogenated alkanes) is 10. The predicted molar refractivity (Wildman–Crippen MR) is 104 cm³/mol. The third-order valence-electron chi connectivity index (χ3n) is 5.42. The third kappa shape index (κ3) is 13.6. The maximum atomic E-state index is 2.54. The molecular formula is C22H46. The Morgan fingerprint density at radius 1 is 0.455 bits per heavy atom. The minimum atomic E-state index is 0.963. The molecule has 0 heteroatoms.